The van der Waals surface area contributed by atoms with Gasteiger partial charge in [-0.2, -0.15) is 0 Å². The van der Waals surface area contributed by atoms with Crippen molar-refractivity contribution in [3.05, 3.63) is 18.2 Å². The number of nitrogens with zero attached hydrogens (tertiary/aromatic N) is 3. The van der Waals surface area contributed by atoms with Crippen molar-refractivity contribution in [3.8, 4) is 0 Å². The maximum atomic E-state index is 11.4. The minimum atomic E-state index is -0.501. The Balaban J connectivity index is 2.20. The molecule has 1 aliphatic heterocycles. The van der Waals surface area contributed by atoms with Gasteiger partial charge in [0, 0.05) is 13.0 Å². The number of aromatic nitrogens is 2. The standard InChI is InChI=1S/C9H8N4O3/c14-5-7-10-3-6(4-11-7)13-2-1-8(15)12-9(13)16/h3-5H,1-2H2,(H,12,15,16). The largest absolute Gasteiger partial charge is 0.328 e. The van der Waals surface area contributed by atoms with E-state index in [1.807, 2.05) is 0 Å². The molecule has 7 nitrogen and oxygen atoms in total. The number of rotatable bonds is 2. The maximum absolute atomic E-state index is 11.4. The van der Waals surface area contributed by atoms with Gasteiger partial charge in [0.25, 0.3) is 0 Å². The van der Waals surface area contributed by atoms with E-state index in [9.17, 15) is 14.4 Å². The summed E-state index contributed by atoms with van der Waals surface area (Å²) in [5, 5.41) is 2.18. The zero-order valence-corrected chi connectivity index (χ0v) is 8.21. The average molecular weight is 220 g/mol. The number of amides is 3. The van der Waals surface area contributed by atoms with Crippen LogP contribution in [-0.2, 0) is 4.79 Å². The van der Waals surface area contributed by atoms with Crippen LogP contribution in [0.1, 0.15) is 17.0 Å². The number of hydrogen-bond donors (Lipinski definition) is 1. The van der Waals surface area contributed by atoms with Crippen LogP contribution in [0.2, 0.25) is 0 Å². The lowest BCUT2D eigenvalue weighted by molar-refractivity contribution is -0.120. The van der Waals surface area contributed by atoms with Crippen LogP contribution in [0.25, 0.3) is 0 Å². The lowest BCUT2D eigenvalue weighted by atomic mass is 10.3. The number of nitrogens with one attached hydrogen (secondary N) is 1. The number of hydrogen-bond acceptors (Lipinski definition) is 5. The van der Waals surface area contributed by atoms with Gasteiger partial charge < -0.3 is 0 Å². The first-order chi connectivity index (χ1) is 7.70. The summed E-state index contributed by atoms with van der Waals surface area (Å²) in [6.45, 7) is 0.286. The molecule has 1 saturated heterocycles. The van der Waals surface area contributed by atoms with Crippen molar-refractivity contribution in [2.45, 2.75) is 6.42 Å². The molecule has 2 heterocycles. The van der Waals surface area contributed by atoms with Crippen molar-refractivity contribution in [1.29, 1.82) is 0 Å². The van der Waals surface area contributed by atoms with Crippen molar-refractivity contribution in [2.75, 3.05) is 11.4 Å². The maximum Gasteiger partial charge on any atom is 0.328 e. The second-order valence-electron chi connectivity index (χ2n) is 3.17. The zero-order chi connectivity index (χ0) is 11.5. The van der Waals surface area contributed by atoms with Crippen LogP contribution in [0, 0.1) is 0 Å². The molecule has 1 aliphatic rings. The Hall–Kier alpha value is -2.31. The van der Waals surface area contributed by atoms with Gasteiger partial charge in [-0.15, -0.1) is 0 Å². The molecule has 1 fully saturated rings. The van der Waals surface area contributed by atoms with E-state index in [2.05, 4.69) is 15.3 Å². The van der Waals surface area contributed by atoms with E-state index in [-0.39, 0.29) is 24.7 Å². The Morgan fingerprint density at radius 1 is 1.31 bits per heavy atom. The van der Waals surface area contributed by atoms with E-state index in [1.54, 1.807) is 0 Å². The highest BCUT2D eigenvalue weighted by Gasteiger charge is 2.24. The first-order valence-corrected chi connectivity index (χ1v) is 4.59. The van der Waals surface area contributed by atoms with E-state index in [4.69, 9.17) is 0 Å². The highest BCUT2D eigenvalue weighted by molar-refractivity contribution is 6.05. The molecule has 1 aromatic heterocycles. The SMILES string of the molecule is O=Cc1ncc(N2CCC(=O)NC2=O)cn1. The first-order valence-electron chi connectivity index (χ1n) is 4.59. The molecule has 0 aromatic carbocycles. The van der Waals surface area contributed by atoms with Gasteiger partial charge in [0.05, 0.1) is 18.1 Å². The Labute approximate surface area is 90.5 Å². The van der Waals surface area contributed by atoms with Crippen molar-refractivity contribution in [1.82, 2.24) is 15.3 Å². The lowest BCUT2D eigenvalue weighted by Crippen LogP contribution is -2.49. The molecule has 3 amide bonds. The molecular weight excluding hydrogens is 212 g/mol. The number of urea groups is 1. The van der Waals surface area contributed by atoms with Gasteiger partial charge in [0.1, 0.15) is 0 Å². The van der Waals surface area contributed by atoms with Crippen LogP contribution < -0.4 is 10.2 Å². The summed E-state index contributed by atoms with van der Waals surface area (Å²) >= 11 is 0. The summed E-state index contributed by atoms with van der Waals surface area (Å²) in [6, 6.07) is -0.501. The second-order valence-corrected chi connectivity index (χ2v) is 3.17. The Bertz CT molecular complexity index is 443. The quantitative estimate of drug-likeness (QED) is 0.693. The highest BCUT2D eigenvalue weighted by Crippen LogP contribution is 2.13. The molecule has 16 heavy (non-hydrogen) atoms. The third-order valence-electron chi connectivity index (χ3n) is 2.13. The summed E-state index contributed by atoms with van der Waals surface area (Å²) in [5.41, 5.74) is 0.454. The predicted molar refractivity (Wildman–Crippen MR) is 52.9 cm³/mol. The van der Waals surface area contributed by atoms with Crippen LogP contribution in [-0.4, -0.2) is 34.7 Å². The Morgan fingerprint density at radius 2 is 2.00 bits per heavy atom. The van der Waals surface area contributed by atoms with Gasteiger partial charge in [-0.25, -0.2) is 14.8 Å². The summed E-state index contributed by atoms with van der Waals surface area (Å²) in [7, 11) is 0. The molecule has 0 radical (unpaired) electrons. The number of carbonyl (C=O) groups excluding carboxylic acids is 3. The van der Waals surface area contributed by atoms with E-state index in [1.165, 1.54) is 17.3 Å². The van der Waals surface area contributed by atoms with E-state index >= 15 is 0 Å². The minimum Gasteiger partial charge on any atom is -0.294 e. The molecule has 2 rings (SSSR count). The normalized spacial score (nSPS) is 15.9. The average Bonchev–Trinajstić information content (AvgIpc) is 2.29. The molecule has 0 atom stereocenters. The van der Waals surface area contributed by atoms with Crippen molar-refractivity contribution in [3.63, 3.8) is 0 Å². The summed E-state index contributed by atoms with van der Waals surface area (Å²) in [4.78, 5) is 41.5. The van der Waals surface area contributed by atoms with Crippen LogP contribution in [0.3, 0.4) is 0 Å². The molecule has 0 bridgehead atoms. The van der Waals surface area contributed by atoms with Gasteiger partial charge in [0.15, 0.2) is 12.1 Å². The minimum absolute atomic E-state index is 0.0530. The predicted octanol–water partition coefficient (Wildman–Crippen LogP) is -0.265. The van der Waals surface area contributed by atoms with Gasteiger partial charge in [0.2, 0.25) is 5.91 Å². The van der Waals surface area contributed by atoms with E-state index in [0.717, 1.165) is 0 Å². The second kappa shape index (κ2) is 4.05. The van der Waals surface area contributed by atoms with Crippen molar-refractivity contribution >= 4 is 23.9 Å². The van der Waals surface area contributed by atoms with Crippen LogP contribution in [0.4, 0.5) is 10.5 Å². The Kier molecular flexibility index (Phi) is 2.59. The lowest BCUT2D eigenvalue weighted by Gasteiger charge is -2.25. The summed E-state index contributed by atoms with van der Waals surface area (Å²) in [6.07, 6.45) is 3.49. The Morgan fingerprint density at radius 3 is 2.56 bits per heavy atom. The van der Waals surface area contributed by atoms with Gasteiger partial charge >= 0.3 is 6.03 Å². The third-order valence-corrected chi connectivity index (χ3v) is 2.13. The number of anilines is 1. The van der Waals surface area contributed by atoms with Gasteiger partial charge in [-0.3, -0.25) is 19.8 Å². The monoisotopic (exact) mass is 220 g/mol. The molecular formula is C9H8N4O3. The van der Waals surface area contributed by atoms with Gasteiger partial charge in [-0.1, -0.05) is 0 Å². The molecule has 0 saturated carbocycles. The fourth-order valence-corrected chi connectivity index (χ4v) is 1.34. The number of aldehydes is 1. The van der Waals surface area contributed by atoms with E-state index < -0.39 is 6.03 Å². The fourth-order valence-electron chi connectivity index (χ4n) is 1.34. The van der Waals surface area contributed by atoms with Crippen molar-refractivity contribution < 1.29 is 14.4 Å². The molecule has 0 aliphatic carbocycles. The molecule has 0 unspecified atom stereocenters. The molecule has 0 spiro atoms. The summed E-state index contributed by atoms with van der Waals surface area (Å²) < 4.78 is 0. The summed E-state index contributed by atoms with van der Waals surface area (Å²) in [5.74, 6) is -0.246. The first kappa shape index (κ1) is 10.2. The highest BCUT2D eigenvalue weighted by atomic mass is 16.2. The van der Waals surface area contributed by atoms with E-state index in [0.29, 0.717) is 12.0 Å². The zero-order valence-electron chi connectivity index (χ0n) is 8.21. The topological polar surface area (TPSA) is 92.3 Å². The van der Waals surface area contributed by atoms with Crippen molar-refractivity contribution in [2.24, 2.45) is 0 Å². The molecule has 1 aromatic rings. The smallest absolute Gasteiger partial charge is 0.294 e. The number of carbonyl (C=O) groups is 3. The molecule has 7 heteroatoms. The van der Waals surface area contributed by atoms with Crippen LogP contribution in [0.5, 0.6) is 0 Å². The molecule has 82 valence electrons. The third kappa shape index (κ3) is 1.88. The van der Waals surface area contributed by atoms with Gasteiger partial charge in [-0.05, 0) is 0 Å². The molecule has 1 N–H and O–H groups in total. The van der Waals surface area contributed by atoms with Crippen LogP contribution in [0.15, 0.2) is 12.4 Å². The number of imide groups is 1. The fraction of sp³-hybridized carbons (Fsp3) is 0.222. The van der Waals surface area contributed by atoms with Crippen LogP contribution >= 0.6 is 0 Å².